The van der Waals surface area contributed by atoms with Crippen molar-refractivity contribution in [2.45, 2.75) is 45.6 Å². The second kappa shape index (κ2) is 6.14. The van der Waals surface area contributed by atoms with E-state index in [2.05, 4.69) is 19.2 Å². The lowest BCUT2D eigenvalue weighted by Crippen LogP contribution is -2.46. The molecule has 2 aliphatic rings. The summed E-state index contributed by atoms with van der Waals surface area (Å²) < 4.78 is 0. The van der Waals surface area contributed by atoms with Crippen molar-refractivity contribution in [1.29, 1.82) is 5.41 Å². The second-order valence-corrected chi connectivity index (χ2v) is 7.09. The summed E-state index contributed by atoms with van der Waals surface area (Å²) in [6.07, 6.45) is 2.35. The minimum Gasteiger partial charge on any atom is -0.351 e. The number of nitrogens with zero attached hydrogens (tertiary/aromatic N) is 2. The molecule has 4 N–H and O–H groups in total. The smallest absolute Gasteiger partial charge is 0.314 e. The molecule has 0 aliphatic carbocycles. The predicted octanol–water partition coefficient (Wildman–Crippen LogP) is 0.948. The van der Waals surface area contributed by atoms with Gasteiger partial charge in [-0.2, -0.15) is 0 Å². The van der Waals surface area contributed by atoms with E-state index in [0.717, 1.165) is 12.8 Å². The van der Waals surface area contributed by atoms with Gasteiger partial charge in [-0.25, -0.2) is 4.79 Å². The highest BCUT2D eigenvalue weighted by atomic mass is 16.2. The summed E-state index contributed by atoms with van der Waals surface area (Å²) >= 11 is 0. The normalized spacial score (nSPS) is 26.7. The van der Waals surface area contributed by atoms with Crippen molar-refractivity contribution >= 4 is 17.9 Å². The Bertz CT molecular complexity index is 471. The molecule has 2 rings (SSSR count). The summed E-state index contributed by atoms with van der Waals surface area (Å²) in [6.45, 7) is 7.83. The van der Waals surface area contributed by atoms with Gasteiger partial charge in [-0.05, 0) is 38.0 Å². The average Bonchev–Trinajstić information content (AvgIpc) is 2.62. The average molecular weight is 309 g/mol. The van der Waals surface area contributed by atoms with Crippen LogP contribution < -0.4 is 11.1 Å². The summed E-state index contributed by atoms with van der Waals surface area (Å²) in [4.78, 5) is 27.0. The van der Waals surface area contributed by atoms with Gasteiger partial charge in [-0.15, -0.1) is 0 Å². The van der Waals surface area contributed by atoms with Crippen molar-refractivity contribution in [2.24, 2.45) is 17.6 Å². The van der Waals surface area contributed by atoms with Crippen molar-refractivity contribution < 1.29 is 9.59 Å². The van der Waals surface area contributed by atoms with Crippen LogP contribution in [0.2, 0.25) is 0 Å². The third-order valence-corrected chi connectivity index (χ3v) is 4.56. The number of guanidine groups is 1. The minimum atomic E-state index is -0.667. The Morgan fingerprint density at radius 2 is 2.05 bits per heavy atom. The molecule has 22 heavy (non-hydrogen) atoms. The molecular weight excluding hydrogens is 282 g/mol. The van der Waals surface area contributed by atoms with Crippen LogP contribution in [0.3, 0.4) is 0 Å². The van der Waals surface area contributed by atoms with Gasteiger partial charge in [0.25, 0.3) is 5.91 Å². The molecule has 0 saturated carbocycles. The maximum Gasteiger partial charge on any atom is 0.314 e. The maximum absolute atomic E-state index is 12.7. The van der Waals surface area contributed by atoms with E-state index in [-0.39, 0.29) is 17.9 Å². The fraction of sp³-hybridized carbons (Fsp3) is 0.800. The molecule has 124 valence electrons. The largest absolute Gasteiger partial charge is 0.351 e. The number of rotatable bonds is 4. The molecule has 0 bridgehead atoms. The molecule has 2 aliphatic heterocycles. The fourth-order valence-electron chi connectivity index (χ4n) is 3.50. The van der Waals surface area contributed by atoms with Crippen LogP contribution in [0, 0.1) is 17.2 Å². The summed E-state index contributed by atoms with van der Waals surface area (Å²) in [5.41, 5.74) is 4.61. The van der Waals surface area contributed by atoms with Gasteiger partial charge in [0.05, 0.1) is 0 Å². The molecule has 1 unspecified atom stereocenters. The van der Waals surface area contributed by atoms with Crippen LogP contribution in [0.5, 0.6) is 0 Å². The third kappa shape index (κ3) is 3.34. The molecule has 7 heteroatoms. The van der Waals surface area contributed by atoms with E-state index in [1.54, 1.807) is 9.80 Å². The topological polar surface area (TPSA) is 103 Å². The molecule has 0 aromatic carbocycles. The van der Waals surface area contributed by atoms with Gasteiger partial charge in [0.2, 0.25) is 0 Å². The number of hydrogen-bond donors (Lipinski definition) is 3. The van der Waals surface area contributed by atoms with Gasteiger partial charge in [0.15, 0.2) is 5.96 Å². The number of urea groups is 1. The van der Waals surface area contributed by atoms with E-state index in [1.165, 1.54) is 0 Å². The summed E-state index contributed by atoms with van der Waals surface area (Å²) in [5.74, 6) is 0.880. The SMILES string of the molecule is CC(C)CC1(C)NC(=N)N(CC2CCN(C(N)=O)CC2)C1=O. The van der Waals surface area contributed by atoms with Crippen molar-refractivity contribution in [2.75, 3.05) is 19.6 Å². The fourth-order valence-corrected chi connectivity index (χ4v) is 3.50. The Morgan fingerprint density at radius 1 is 1.45 bits per heavy atom. The number of carbonyl (C=O) groups excluding carboxylic acids is 2. The van der Waals surface area contributed by atoms with E-state index in [1.807, 2.05) is 6.92 Å². The number of carbonyl (C=O) groups is 2. The Kier molecular flexibility index (Phi) is 4.63. The number of amides is 3. The highest BCUT2D eigenvalue weighted by Gasteiger charge is 2.46. The molecule has 2 heterocycles. The molecule has 0 spiro atoms. The Balaban J connectivity index is 1.95. The van der Waals surface area contributed by atoms with Crippen LogP contribution in [0.15, 0.2) is 0 Å². The molecule has 0 aromatic rings. The first kappa shape index (κ1) is 16.6. The minimum absolute atomic E-state index is 0.0106. The second-order valence-electron chi connectivity index (χ2n) is 7.09. The molecule has 3 amide bonds. The molecule has 2 saturated heterocycles. The molecular formula is C15H27N5O2. The van der Waals surface area contributed by atoms with Gasteiger partial charge >= 0.3 is 6.03 Å². The quantitative estimate of drug-likeness (QED) is 0.720. The first-order valence-corrected chi connectivity index (χ1v) is 7.96. The first-order chi connectivity index (χ1) is 10.2. The number of piperidine rings is 1. The number of nitrogens with one attached hydrogen (secondary N) is 2. The van der Waals surface area contributed by atoms with E-state index in [9.17, 15) is 9.59 Å². The van der Waals surface area contributed by atoms with Crippen LogP contribution >= 0.6 is 0 Å². The monoisotopic (exact) mass is 309 g/mol. The molecule has 1 atom stereocenters. The highest BCUT2D eigenvalue weighted by molar-refractivity contribution is 6.07. The maximum atomic E-state index is 12.7. The lowest BCUT2D eigenvalue weighted by Gasteiger charge is -2.32. The zero-order valence-electron chi connectivity index (χ0n) is 13.7. The van der Waals surface area contributed by atoms with E-state index in [0.29, 0.717) is 37.9 Å². The van der Waals surface area contributed by atoms with E-state index in [4.69, 9.17) is 11.1 Å². The van der Waals surface area contributed by atoms with Crippen molar-refractivity contribution in [3.05, 3.63) is 0 Å². The molecule has 0 aromatic heterocycles. The lowest BCUT2D eigenvalue weighted by atomic mass is 9.90. The summed E-state index contributed by atoms with van der Waals surface area (Å²) in [7, 11) is 0. The van der Waals surface area contributed by atoms with Crippen LogP contribution in [-0.2, 0) is 4.79 Å². The van der Waals surface area contributed by atoms with E-state index >= 15 is 0 Å². The predicted molar refractivity (Wildman–Crippen MR) is 84.3 cm³/mol. The molecule has 7 nitrogen and oxygen atoms in total. The Labute approximate surface area is 131 Å². The molecule has 2 fully saturated rings. The lowest BCUT2D eigenvalue weighted by molar-refractivity contribution is -0.131. The van der Waals surface area contributed by atoms with Crippen molar-refractivity contribution in [1.82, 2.24) is 15.1 Å². The standard InChI is InChI=1S/C15H27N5O2/c1-10(2)8-15(3)12(21)20(13(16)18-15)9-11-4-6-19(7-5-11)14(17)22/h10-11H,4-9H2,1-3H3,(H2,16,18)(H2,17,22). The van der Waals surface area contributed by atoms with E-state index < -0.39 is 5.54 Å². The number of primary amides is 1. The van der Waals surface area contributed by atoms with Gasteiger partial charge in [-0.3, -0.25) is 15.1 Å². The molecule has 0 radical (unpaired) electrons. The van der Waals surface area contributed by atoms with Gasteiger partial charge < -0.3 is 16.0 Å². The van der Waals surface area contributed by atoms with Gasteiger partial charge in [0.1, 0.15) is 5.54 Å². The Hall–Kier alpha value is -1.79. The van der Waals surface area contributed by atoms with Crippen LogP contribution in [0.25, 0.3) is 0 Å². The number of hydrogen-bond acceptors (Lipinski definition) is 3. The highest BCUT2D eigenvalue weighted by Crippen LogP contribution is 2.27. The van der Waals surface area contributed by atoms with Crippen molar-refractivity contribution in [3.63, 3.8) is 0 Å². The zero-order chi connectivity index (χ0) is 16.5. The first-order valence-electron chi connectivity index (χ1n) is 7.96. The summed E-state index contributed by atoms with van der Waals surface area (Å²) in [5, 5.41) is 11.1. The van der Waals surface area contributed by atoms with Gasteiger partial charge in [0, 0.05) is 19.6 Å². The van der Waals surface area contributed by atoms with Crippen LogP contribution in [-0.4, -0.2) is 52.9 Å². The third-order valence-electron chi connectivity index (χ3n) is 4.56. The number of nitrogens with two attached hydrogens (primary N) is 1. The Morgan fingerprint density at radius 3 is 2.55 bits per heavy atom. The number of likely N-dealkylation sites (tertiary alicyclic amines) is 1. The summed E-state index contributed by atoms with van der Waals surface area (Å²) in [6, 6.07) is -0.380. The zero-order valence-corrected chi connectivity index (χ0v) is 13.7. The van der Waals surface area contributed by atoms with Crippen molar-refractivity contribution in [3.8, 4) is 0 Å². The van der Waals surface area contributed by atoms with Gasteiger partial charge in [-0.1, -0.05) is 13.8 Å². The van der Waals surface area contributed by atoms with Crippen LogP contribution in [0.1, 0.15) is 40.0 Å². The van der Waals surface area contributed by atoms with Crippen LogP contribution in [0.4, 0.5) is 4.79 Å².